The summed E-state index contributed by atoms with van der Waals surface area (Å²) in [6.45, 7) is 8.97. The number of rotatable bonds is 4. The Hall–Kier alpha value is -0.990. The maximum atomic E-state index is 10.9. The van der Waals surface area contributed by atoms with Gasteiger partial charge in [-0.1, -0.05) is 25.5 Å². The van der Waals surface area contributed by atoms with Crippen molar-refractivity contribution in [1.82, 2.24) is 5.32 Å². The average molecular weight is 185 g/mol. The molecule has 0 aromatic carbocycles. The number of hydrogen-bond donors (Lipinski definition) is 1. The molecule has 76 valence electrons. The summed E-state index contributed by atoms with van der Waals surface area (Å²) in [6, 6.07) is 0. The van der Waals surface area contributed by atoms with E-state index >= 15 is 0 Å². The minimum absolute atomic E-state index is 0.348. The summed E-state index contributed by atoms with van der Waals surface area (Å²) in [5, 5.41) is 2.66. The van der Waals surface area contributed by atoms with Gasteiger partial charge in [-0.2, -0.15) is 0 Å². The lowest BCUT2D eigenvalue weighted by molar-refractivity contribution is 0.153. The third-order valence-corrected chi connectivity index (χ3v) is 1.40. The second-order valence-electron chi connectivity index (χ2n) is 3.33. The molecule has 3 heteroatoms. The van der Waals surface area contributed by atoms with Crippen LogP contribution in [0.2, 0.25) is 0 Å². The lowest BCUT2D eigenvalue weighted by atomic mass is 10.1. The highest BCUT2D eigenvalue weighted by molar-refractivity contribution is 5.67. The summed E-state index contributed by atoms with van der Waals surface area (Å²) in [7, 11) is 0. The fraction of sp³-hybridized carbons (Fsp3) is 0.700. The maximum Gasteiger partial charge on any atom is 0.407 e. The van der Waals surface area contributed by atoms with Gasteiger partial charge in [0.15, 0.2) is 0 Å². The monoisotopic (exact) mass is 185 g/mol. The molecule has 0 rings (SSSR count). The summed E-state index contributed by atoms with van der Waals surface area (Å²) >= 11 is 0. The van der Waals surface area contributed by atoms with Crippen molar-refractivity contribution in [3.8, 4) is 0 Å². The van der Waals surface area contributed by atoms with Crippen LogP contribution in [0.5, 0.6) is 0 Å². The van der Waals surface area contributed by atoms with E-state index in [0.717, 1.165) is 5.57 Å². The third kappa shape index (κ3) is 7.37. The van der Waals surface area contributed by atoms with E-state index in [4.69, 9.17) is 4.74 Å². The van der Waals surface area contributed by atoms with Gasteiger partial charge in [-0.15, -0.1) is 0 Å². The highest BCUT2D eigenvalue weighted by atomic mass is 16.5. The number of amides is 1. The molecule has 13 heavy (non-hydrogen) atoms. The highest BCUT2D eigenvalue weighted by Gasteiger charge is 1.99. The van der Waals surface area contributed by atoms with Gasteiger partial charge in [0.1, 0.15) is 0 Å². The Kier molecular flexibility index (Phi) is 6.02. The molecule has 0 aliphatic rings. The minimum atomic E-state index is -0.348. The quantitative estimate of drug-likeness (QED) is 0.683. The van der Waals surface area contributed by atoms with Crippen molar-refractivity contribution in [3.05, 3.63) is 11.6 Å². The Labute approximate surface area is 80.2 Å². The molecule has 0 saturated heterocycles. The number of ether oxygens (including phenoxy) is 1. The molecule has 0 aliphatic carbocycles. The molecular formula is C10H19NO2. The predicted octanol–water partition coefficient (Wildman–Crippen LogP) is 2.33. The Bertz CT molecular complexity index is 185. The zero-order valence-corrected chi connectivity index (χ0v) is 8.89. The Balaban J connectivity index is 3.69. The SMILES string of the molecule is CCOC(=O)NC/C(C)=C/C(C)C. The molecule has 0 bridgehead atoms. The van der Waals surface area contributed by atoms with Gasteiger partial charge in [0.05, 0.1) is 6.61 Å². The topological polar surface area (TPSA) is 38.3 Å². The zero-order chi connectivity index (χ0) is 10.3. The van der Waals surface area contributed by atoms with E-state index in [1.807, 2.05) is 6.92 Å². The van der Waals surface area contributed by atoms with Crippen molar-refractivity contribution in [2.45, 2.75) is 27.7 Å². The van der Waals surface area contributed by atoms with E-state index in [1.165, 1.54) is 0 Å². The highest BCUT2D eigenvalue weighted by Crippen LogP contribution is 1.99. The normalized spacial score (nSPS) is 11.6. The second kappa shape index (κ2) is 6.52. The van der Waals surface area contributed by atoms with Gasteiger partial charge < -0.3 is 10.1 Å². The Morgan fingerprint density at radius 2 is 2.15 bits per heavy atom. The van der Waals surface area contributed by atoms with Gasteiger partial charge in [0.25, 0.3) is 0 Å². The minimum Gasteiger partial charge on any atom is -0.450 e. The standard InChI is InChI=1S/C10H19NO2/c1-5-13-10(12)11-7-9(4)6-8(2)3/h6,8H,5,7H2,1-4H3,(H,11,12)/b9-6+. The average Bonchev–Trinajstić information content (AvgIpc) is 2.00. The smallest absolute Gasteiger partial charge is 0.407 e. The molecule has 0 saturated carbocycles. The largest absolute Gasteiger partial charge is 0.450 e. The molecule has 0 unspecified atom stereocenters. The molecule has 0 radical (unpaired) electrons. The van der Waals surface area contributed by atoms with Gasteiger partial charge in [0, 0.05) is 6.54 Å². The number of carbonyl (C=O) groups excluding carboxylic acids is 1. The summed E-state index contributed by atoms with van der Waals surface area (Å²) in [6.07, 6.45) is 1.77. The van der Waals surface area contributed by atoms with Crippen LogP contribution in [0.1, 0.15) is 27.7 Å². The van der Waals surface area contributed by atoms with E-state index in [-0.39, 0.29) is 6.09 Å². The van der Waals surface area contributed by atoms with Crippen LogP contribution in [0.15, 0.2) is 11.6 Å². The fourth-order valence-electron chi connectivity index (χ4n) is 1.02. The Morgan fingerprint density at radius 1 is 1.54 bits per heavy atom. The van der Waals surface area contributed by atoms with Crippen molar-refractivity contribution in [2.75, 3.05) is 13.2 Å². The van der Waals surface area contributed by atoms with Crippen LogP contribution in [0.3, 0.4) is 0 Å². The van der Waals surface area contributed by atoms with Crippen molar-refractivity contribution in [2.24, 2.45) is 5.92 Å². The van der Waals surface area contributed by atoms with Crippen LogP contribution in [-0.4, -0.2) is 19.2 Å². The molecule has 1 amide bonds. The van der Waals surface area contributed by atoms with Crippen molar-refractivity contribution < 1.29 is 9.53 Å². The lowest BCUT2D eigenvalue weighted by Gasteiger charge is -2.06. The van der Waals surface area contributed by atoms with Crippen LogP contribution in [-0.2, 0) is 4.74 Å². The molecule has 3 nitrogen and oxygen atoms in total. The summed E-state index contributed by atoms with van der Waals surface area (Å²) in [5.41, 5.74) is 1.16. The molecule has 0 heterocycles. The van der Waals surface area contributed by atoms with Crippen LogP contribution >= 0.6 is 0 Å². The molecule has 0 aliphatic heterocycles. The maximum absolute atomic E-state index is 10.9. The summed E-state index contributed by atoms with van der Waals surface area (Å²) < 4.78 is 4.72. The first-order valence-corrected chi connectivity index (χ1v) is 4.64. The van der Waals surface area contributed by atoms with Crippen LogP contribution in [0.4, 0.5) is 4.79 Å². The first kappa shape index (κ1) is 12.0. The first-order chi connectivity index (χ1) is 6.06. The van der Waals surface area contributed by atoms with Crippen LogP contribution in [0, 0.1) is 5.92 Å². The number of carbonyl (C=O) groups is 1. The number of alkyl carbamates (subject to hydrolysis) is 1. The van der Waals surface area contributed by atoms with Gasteiger partial charge in [0.2, 0.25) is 0 Å². The van der Waals surface area contributed by atoms with Gasteiger partial charge in [-0.05, 0) is 19.8 Å². The van der Waals surface area contributed by atoms with Crippen LogP contribution < -0.4 is 5.32 Å². The molecule has 0 fully saturated rings. The molecule has 0 aromatic rings. The molecule has 0 aromatic heterocycles. The van der Waals surface area contributed by atoms with E-state index < -0.39 is 0 Å². The fourth-order valence-corrected chi connectivity index (χ4v) is 1.02. The molecule has 1 N–H and O–H groups in total. The number of nitrogens with one attached hydrogen (secondary N) is 1. The van der Waals surface area contributed by atoms with E-state index in [1.54, 1.807) is 6.92 Å². The Morgan fingerprint density at radius 3 is 2.62 bits per heavy atom. The predicted molar refractivity (Wildman–Crippen MR) is 53.6 cm³/mol. The van der Waals surface area contributed by atoms with Crippen molar-refractivity contribution >= 4 is 6.09 Å². The summed E-state index contributed by atoms with van der Waals surface area (Å²) in [5.74, 6) is 0.518. The lowest BCUT2D eigenvalue weighted by Crippen LogP contribution is -2.25. The van der Waals surface area contributed by atoms with E-state index in [9.17, 15) is 4.79 Å². The third-order valence-electron chi connectivity index (χ3n) is 1.40. The van der Waals surface area contributed by atoms with E-state index in [2.05, 4.69) is 25.2 Å². The first-order valence-electron chi connectivity index (χ1n) is 4.64. The van der Waals surface area contributed by atoms with Gasteiger partial charge in [-0.25, -0.2) is 4.79 Å². The van der Waals surface area contributed by atoms with Crippen molar-refractivity contribution in [3.63, 3.8) is 0 Å². The number of hydrogen-bond acceptors (Lipinski definition) is 2. The number of allylic oxidation sites excluding steroid dienone is 1. The molecular weight excluding hydrogens is 166 g/mol. The molecule has 0 atom stereocenters. The summed E-state index contributed by atoms with van der Waals surface area (Å²) in [4.78, 5) is 10.9. The van der Waals surface area contributed by atoms with E-state index in [0.29, 0.717) is 19.1 Å². The van der Waals surface area contributed by atoms with Crippen molar-refractivity contribution in [1.29, 1.82) is 0 Å². The van der Waals surface area contributed by atoms with Crippen LogP contribution in [0.25, 0.3) is 0 Å². The van der Waals surface area contributed by atoms with Gasteiger partial charge in [-0.3, -0.25) is 0 Å². The second-order valence-corrected chi connectivity index (χ2v) is 3.33. The molecule has 0 spiro atoms. The zero-order valence-electron chi connectivity index (χ0n) is 8.89. The van der Waals surface area contributed by atoms with Gasteiger partial charge >= 0.3 is 6.09 Å².